The maximum absolute atomic E-state index is 12.0. The van der Waals surface area contributed by atoms with Crippen molar-refractivity contribution in [3.8, 4) is 0 Å². The van der Waals surface area contributed by atoms with Gasteiger partial charge in [0.25, 0.3) is 6.43 Å². The summed E-state index contributed by atoms with van der Waals surface area (Å²) in [4.78, 5) is 10.5. The van der Waals surface area contributed by atoms with Gasteiger partial charge in [-0.1, -0.05) is 0 Å². The van der Waals surface area contributed by atoms with Crippen molar-refractivity contribution in [2.75, 3.05) is 0 Å². The fourth-order valence-corrected chi connectivity index (χ4v) is 0.791. The summed E-state index contributed by atoms with van der Waals surface area (Å²) >= 11 is 0. The molecule has 0 fully saturated rings. The highest BCUT2D eigenvalue weighted by molar-refractivity contribution is 5.88. The average molecular weight is 188 g/mol. The Hall–Kier alpha value is -1.59. The average Bonchev–Trinajstić information content (AvgIpc) is 2.04. The lowest BCUT2D eigenvalue weighted by Gasteiger charge is -2.01. The molecule has 0 spiro atoms. The number of rotatable bonds is 2. The normalized spacial score (nSPS) is 10.5. The first-order valence-electron chi connectivity index (χ1n) is 3.38. The van der Waals surface area contributed by atoms with Crippen LogP contribution in [-0.2, 0) is 0 Å². The highest BCUT2D eigenvalue weighted by Crippen LogP contribution is 2.17. The van der Waals surface area contributed by atoms with Crippen molar-refractivity contribution in [1.29, 1.82) is 0 Å². The second kappa shape index (κ2) is 3.42. The van der Waals surface area contributed by atoms with E-state index < -0.39 is 18.1 Å². The molecule has 1 aromatic rings. The van der Waals surface area contributed by atoms with Crippen LogP contribution in [-0.4, -0.2) is 21.3 Å². The molecule has 6 heteroatoms. The quantitative estimate of drug-likeness (QED) is 0.762. The molecule has 1 heterocycles. The summed E-state index contributed by atoms with van der Waals surface area (Å²) in [6.07, 6.45) is -2.80. The van der Waals surface area contributed by atoms with E-state index in [1.807, 2.05) is 0 Å². The standard InChI is InChI=1S/C7H6F2N2O2/c1-3-4(7(12)13)2-5(6(8)9)11-10-3/h2,6H,1H3,(H,12,13). The Labute approximate surface area is 72.2 Å². The van der Waals surface area contributed by atoms with Crippen LogP contribution in [0.1, 0.15) is 28.2 Å². The zero-order valence-electron chi connectivity index (χ0n) is 6.66. The summed E-state index contributed by atoms with van der Waals surface area (Å²) in [7, 11) is 0. The summed E-state index contributed by atoms with van der Waals surface area (Å²) in [6.45, 7) is 1.39. The number of aryl methyl sites for hydroxylation is 1. The predicted molar refractivity (Wildman–Crippen MR) is 38.7 cm³/mol. The van der Waals surface area contributed by atoms with Crippen LogP contribution in [0.5, 0.6) is 0 Å². The maximum atomic E-state index is 12.0. The minimum atomic E-state index is -2.80. The number of aromatic carboxylic acids is 1. The molecule has 70 valence electrons. The number of carbonyl (C=O) groups is 1. The fourth-order valence-electron chi connectivity index (χ4n) is 0.791. The van der Waals surface area contributed by atoms with Gasteiger partial charge in [0.2, 0.25) is 0 Å². The van der Waals surface area contributed by atoms with E-state index in [-0.39, 0.29) is 11.3 Å². The minimum Gasteiger partial charge on any atom is -0.478 e. The minimum absolute atomic E-state index is 0.122. The molecule has 0 amide bonds. The molecule has 0 bridgehead atoms. The Morgan fingerprint density at radius 2 is 2.15 bits per heavy atom. The number of nitrogens with zero attached hydrogens (tertiary/aromatic N) is 2. The molecule has 0 saturated carbocycles. The van der Waals surface area contributed by atoms with Crippen molar-refractivity contribution in [1.82, 2.24) is 10.2 Å². The van der Waals surface area contributed by atoms with Crippen LogP contribution < -0.4 is 0 Å². The highest BCUT2D eigenvalue weighted by Gasteiger charge is 2.15. The molecule has 0 saturated heterocycles. The van der Waals surface area contributed by atoms with Crippen LogP contribution in [0.15, 0.2) is 6.07 Å². The number of hydrogen-bond acceptors (Lipinski definition) is 3. The molecule has 0 radical (unpaired) electrons. The van der Waals surface area contributed by atoms with Crippen LogP contribution in [0.2, 0.25) is 0 Å². The summed E-state index contributed by atoms with van der Waals surface area (Å²) in [5.41, 5.74) is -0.745. The van der Waals surface area contributed by atoms with E-state index in [9.17, 15) is 13.6 Å². The SMILES string of the molecule is Cc1nnc(C(F)F)cc1C(=O)O. The second-order valence-electron chi connectivity index (χ2n) is 2.37. The third-order valence-electron chi connectivity index (χ3n) is 1.45. The van der Waals surface area contributed by atoms with Gasteiger partial charge in [-0.3, -0.25) is 0 Å². The second-order valence-corrected chi connectivity index (χ2v) is 2.37. The van der Waals surface area contributed by atoms with Gasteiger partial charge in [0, 0.05) is 0 Å². The van der Waals surface area contributed by atoms with Gasteiger partial charge in [-0.15, -0.1) is 5.10 Å². The molecule has 0 atom stereocenters. The van der Waals surface area contributed by atoms with Gasteiger partial charge < -0.3 is 5.11 Å². The van der Waals surface area contributed by atoms with E-state index in [2.05, 4.69) is 10.2 Å². The summed E-state index contributed by atoms with van der Waals surface area (Å²) in [5.74, 6) is -1.28. The molecule has 0 aliphatic carbocycles. The lowest BCUT2D eigenvalue weighted by Crippen LogP contribution is -2.06. The Kier molecular flexibility index (Phi) is 2.50. The lowest BCUT2D eigenvalue weighted by molar-refractivity contribution is 0.0694. The third kappa shape index (κ3) is 1.95. The predicted octanol–water partition coefficient (Wildman–Crippen LogP) is 1.42. The van der Waals surface area contributed by atoms with E-state index in [4.69, 9.17) is 5.11 Å². The summed E-state index contributed by atoms with van der Waals surface area (Å²) < 4.78 is 24.1. The molecular weight excluding hydrogens is 182 g/mol. The Balaban J connectivity index is 3.19. The van der Waals surface area contributed by atoms with Gasteiger partial charge in [-0.2, -0.15) is 5.10 Å². The maximum Gasteiger partial charge on any atom is 0.337 e. The van der Waals surface area contributed by atoms with Gasteiger partial charge in [-0.25, -0.2) is 13.6 Å². The summed E-state index contributed by atoms with van der Waals surface area (Å²) in [5, 5.41) is 15.0. The van der Waals surface area contributed by atoms with Crippen molar-refractivity contribution in [3.05, 3.63) is 23.0 Å². The van der Waals surface area contributed by atoms with E-state index in [1.54, 1.807) is 0 Å². The van der Waals surface area contributed by atoms with E-state index in [1.165, 1.54) is 6.92 Å². The van der Waals surface area contributed by atoms with Gasteiger partial charge in [-0.05, 0) is 13.0 Å². The van der Waals surface area contributed by atoms with Crippen LogP contribution >= 0.6 is 0 Å². The van der Waals surface area contributed by atoms with E-state index in [0.717, 1.165) is 6.07 Å². The molecule has 1 N–H and O–H groups in total. The Morgan fingerprint density at radius 1 is 1.54 bits per heavy atom. The van der Waals surface area contributed by atoms with Gasteiger partial charge in [0.05, 0.1) is 11.3 Å². The zero-order valence-corrected chi connectivity index (χ0v) is 6.66. The van der Waals surface area contributed by atoms with Crippen molar-refractivity contribution < 1.29 is 18.7 Å². The number of aromatic nitrogens is 2. The molecule has 0 aliphatic rings. The molecule has 0 unspecified atom stereocenters. The van der Waals surface area contributed by atoms with Crippen LogP contribution in [0, 0.1) is 6.92 Å². The van der Waals surface area contributed by atoms with Gasteiger partial charge in [0.15, 0.2) is 0 Å². The number of carboxylic acid groups (broad SMARTS) is 1. The number of halogens is 2. The summed E-state index contributed by atoms with van der Waals surface area (Å²) in [6, 6.07) is 0.829. The smallest absolute Gasteiger partial charge is 0.337 e. The monoisotopic (exact) mass is 188 g/mol. The van der Waals surface area contributed by atoms with E-state index >= 15 is 0 Å². The van der Waals surface area contributed by atoms with Gasteiger partial charge in [0.1, 0.15) is 5.69 Å². The van der Waals surface area contributed by atoms with Crippen molar-refractivity contribution in [3.63, 3.8) is 0 Å². The Bertz CT molecular complexity index is 341. The van der Waals surface area contributed by atoms with Crippen molar-refractivity contribution in [2.24, 2.45) is 0 Å². The first kappa shape index (κ1) is 9.50. The lowest BCUT2D eigenvalue weighted by atomic mass is 10.2. The van der Waals surface area contributed by atoms with Crippen molar-refractivity contribution in [2.45, 2.75) is 13.3 Å². The topological polar surface area (TPSA) is 63.1 Å². The first-order chi connectivity index (χ1) is 6.02. The molecule has 1 aromatic heterocycles. The number of hydrogen-bond donors (Lipinski definition) is 1. The Morgan fingerprint density at radius 3 is 2.62 bits per heavy atom. The van der Waals surface area contributed by atoms with Crippen molar-refractivity contribution >= 4 is 5.97 Å². The highest BCUT2D eigenvalue weighted by atomic mass is 19.3. The van der Waals surface area contributed by atoms with Crippen LogP contribution in [0.3, 0.4) is 0 Å². The molecule has 0 aliphatic heterocycles. The van der Waals surface area contributed by atoms with Gasteiger partial charge >= 0.3 is 5.97 Å². The molecule has 13 heavy (non-hydrogen) atoms. The fraction of sp³-hybridized carbons (Fsp3) is 0.286. The third-order valence-corrected chi connectivity index (χ3v) is 1.45. The number of carboxylic acids is 1. The molecular formula is C7H6F2N2O2. The first-order valence-corrected chi connectivity index (χ1v) is 3.38. The molecule has 4 nitrogen and oxygen atoms in total. The molecule has 1 rings (SSSR count). The number of alkyl halides is 2. The van der Waals surface area contributed by atoms with E-state index in [0.29, 0.717) is 0 Å². The van der Waals surface area contributed by atoms with Crippen LogP contribution in [0.4, 0.5) is 8.78 Å². The van der Waals surface area contributed by atoms with Crippen LogP contribution in [0.25, 0.3) is 0 Å². The largest absolute Gasteiger partial charge is 0.478 e. The molecule has 0 aromatic carbocycles. The zero-order chi connectivity index (χ0) is 10.0.